The first-order valence-electron chi connectivity index (χ1n) is 6.48. The van der Waals surface area contributed by atoms with Gasteiger partial charge < -0.3 is 9.73 Å². The van der Waals surface area contributed by atoms with Gasteiger partial charge in [0.15, 0.2) is 5.11 Å². The van der Waals surface area contributed by atoms with Crippen LogP contribution in [0.5, 0.6) is 0 Å². The molecule has 1 N–H and O–H groups in total. The van der Waals surface area contributed by atoms with Gasteiger partial charge in [0.2, 0.25) is 0 Å². The molecule has 3 rings (SSSR count). The zero-order valence-corrected chi connectivity index (χ0v) is 12.1. The fourth-order valence-electron chi connectivity index (χ4n) is 2.00. The van der Waals surface area contributed by atoms with Gasteiger partial charge >= 0.3 is 0 Å². The molecule has 1 aromatic heterocycles. The minimum atomic E-state index is -0.369. The largest absolute Gasteiger partial charge is 0.465 e. The second-order valence-electron chi connectivity index (χ2n) is 4.50. The van der Waals surface area contributed by atoms with Crippen LogP contribution in [0.15, 0.2) is 64.9 Å². The lowest BCUT2D eigenvalue weighted by Crippen LogP contribution is -2.30. The Labute approximate surface area is 131 Å². The molecule has 1 fully saturated rings. The molecule has 0 saturated carbocycles. The molecule has 0 radical (unpaired) electrons. The Bertz CT molecular complexity index is 764. The SMILES string of the molecule is O=C1/C(=C\C=C\c2ccco2)NC(=S)N1c1ccc(F)cc1. The first-order chi connectivity index (χ1) is 10.6. The Morgan fingerprint density at radius 2 is 2.00 bits per heavy atom. The highest BCUT2D eigenvalue weighted by atomic mass is 32.1. The van der Waals surface area contributed by atoms with Crippen molar-refractivity contribution in [3.8, 4) is 0 Å². The van der Waals surface area contributed by atoms with E-state index in [1.54, 1.807) is 36.6 Å². The van der Waals surface area contributed by atoms with Crippen molar-refractivity contribution >= 4 is 35.0 Å². The number of rotatable bonds is 3. The first-order valence-corrected chi connectivity index (χ1v) is 6.89. The second-order valence-corrected chi connectivity index (χ2v) is 4.89. The molecule has 4 nitrogen and oxygen atoms in total. The molecule has 0 spiro atoms. The van der Waals surface area contributed by atoms with Gasteiger partial charge in [-0.2, -0.15) is 0 Å². The van der Waals surface area contributed by atoms with E-state index in [1.807, 2.05) is 0 Å². The third-order valence-corrected chi connectivity index (χ3v) is 3.31. The van der Waals surface area contributed by atoms with E-state index >= 15 is 0 Å². The van der Waals surface area contributed by atoms with Crippen LogP contribution < -0.4 is 10.2 Å². The smallest absolute Gasteiger partial charge is 0.281 e. The number of nitrogens with zero attached hydrogens (tertiary/aromatic N) is 1. The van der Waals surface area contributed by atoms with Crippen LogP contribution >= 0.6 is 12.2 Å². The third-order valence-electron chi connectivity index (χ3n) is 3.03. The highest BCUT2D eigenvalue weighted by Crippen LogP contribution is 2.21. The van der Waals surface area contributed by atoms with Crippen LogP contribution in [0.1, 0.15) is 5.76 Å². The fraction of sp³-hybridized carbons (Fsp3) is 0. The summed E-state index contributed by atoms with van der Waals surface area (Å²) in [5.74, 6) is 0.0207. The van der Waals surface area contributed by atoms with E-state index in [-0.39, 0.29) is 16.8 Å². The molecule has 0 aliphatic carbocycles. The van der Waals surface area contributed by atoms with Crippen LogP contribution in [-0.2, 0) is 4.79 Å². The van der Waals surface area contributed by atoms with Crippen molar-refractivity contribution in [2.75, 3.05) is 4.90 Å². The van der Waals surface area contributed by atoms with E-state index in [4.69, 9.17) is 16.6 Å². The van der Waals surface area contributed by atoms with Gasteiger partial charge in [0, 0.05) is 0 Å². The average Bonchev–Trinajstić information content (AvgIpc) is 3.10. The zero-order valence-electron chi connectivity index (χ0n) is 11.3. The summed E-state index contributed by atoms with van der Waals surface area (Å²) < 4.78 is 18.1. The van der Waals surface area contributed by atoms with Crippen LogP contribution in [0.3, 0.4) is 0 Å². The average molecular weight is 314 g/mol. The van der Waals surface area contributed by atoms with Crippen molar-refractivity contribution in [2.24, 2.45) is 0 Å². The maximum atomic E-state index is 13.0. The minimum absolute atomic E-state index is 0.259. The number of furan rings is 1. The summed E-state index contributed by atoms with van der Waals surface area (Å²) >= 11 is 5.16. The van der Waals surface area contributed by atoms with Gasteiger partial charge in [-0.15, -0.1) is 0 Å². The van der Waals surface area contributed by atoms with Crippen molar-refractivity contribution in [1.82, 2.24) is 5.32 Å². The summed E-state index contributed by atoms with van der Waals surface area (Å²) in [4.78, 5) is 13.7. The summed E-state index contributed by atoms with van der Waals surface area (Å²) in [6.45, 7) is 0. The van der Waals surface area contributed by atoms with E-state index in [2.05, 4.69) is 5.32 Å². The summed E-state index contributed by atoms with van der Waals surface area (Å²) in [5, 5.41) is 3.10. The highest BCUT2D eigenvalue weighted by Gasteiger charge is 2.31. The van der Waals surface area contributed by atoms with Gasteiger partial charge in [0.25, 0.3) is 5.91 Å². The van der Waals surface area contributed by atoms with Gasteiger partial charge in [0.05, 0.1) is 12.0 Å². The number of thiocarbonyl (C=S) groups is 1. The molecule has 1 saturated heterocycles. The molecule has 0 atom stereocenters. The van der Waals surface area contributed by atoms with E-state index in [9.17, 15) is 9.18 Å². The summed E-state index contributed by atoms with van der Waals surface area (Å²) in [5.41, 5.74) is 0.861. The Morgan fingerprint density at radius 1 is 1.23 bits per heavy atom. The van der Waals surface area contributed by atoms with Crippen molar-refractivity contribution in [2.45, 2.75) is 0 Å². The molecule has 110 valence electrons. The van der Waals surface area contributed by atoms with Crippen molar-refractivity contribution in [1.29, 1.82) is 0 Å². The summed E-state index contributed by atoms with van der Waals surface area (Å²) in [6.07, 6.45) is 6.60. The van der Waals surface area contributed by atoms with E-state index in [0.717, 1.165) is 0 Å². The fourth-order valence-corrected chi connectivity index (χ4v) is 2.30. The molecule has 2 heterocycles. The zero-order chi connectivity index (χ0) is 15.5. The lowest BCUT2D eigenvalue weighted by atomic mass is 10.2. The molecule has 1 amide bonds. The molecule has 1 aliphatic rings. The Kier molecular flexibility index (Phi) is 3.84. The Morgan fingerprint density at radius 3 is 2.68 bits per heavy atom. The standard InChI is InChI=1S/C16H11FN2O2S/c17-11-6-8-12(9-7-11)19-15(20)14(18-16(19)22)5-1-3-13-4-2-10-21-13/h1-10H,(H,18,22)/b3-1+,14-5+. The predicted octanol–water partition coefficient (Wildman–Crippen LogP) is 3.24. The van der Waals surface area contributed by atoms with E-state index in [1.165, 1.54) is 29.2 Å². The monoisotopic (exact) mass is 314 g/mol. The lowest BCUT2D eigenvalue weighted by molar-refractivity contribution is -0.113. The van der Waals surface area contributed by atoms with Gasteiger partial charge in [-0.3, -0.25) is 9.69 Å². The first kappa shape index (κ1) is 14.2. The summed E-state index contributed by atoms with van der Waals surface area (Å²) in [7, 11) is 0. The number of allylic oxidation sites excluding steroid dienone is 2. The number of anilines is 1. The molecule has 1 aromatic carbocycles. The van der Waals surface area contributed by atoms with Gasteiger partial charge in [-0.25, -0.2) is 4.39 Å². The van der Waals surface area contributed by atoms with E-state index in [0.29, 0.717) is 17.1 Å². The molecule has 6 heteroatoms. The molecular weight excluding hydrogens is 303 g/mol. The van der Waals surface area contributed by atoms with Crippen LogP contribution in [0.2, 0.25) is 0 Å². The topological polar surface area (TPSA) is 45.5 Å². The highest BCUT2D eigenvalue weighted by molar-refractivity contribution is 7.80. The van der Waals surface area contributed by atoms with Crippen molar-refractivity contribution in [3.63, 3.8) is 0 Å². The van der Waals surface area contributed by atoms with Crippen LogP contribution in [0, 0.1) is 5.82 Å². The van der Waals surface area contributed by atoms with Crippen molar-refractivity contribution in [3.05, 3.63) is 72.1 Å². The quantitative estimate of drug-likeness (QED) is 0.698. The molecule has 1 aliphatic heterocycles. The molecule has 2 aromatic rings. The molecule has 0 bridgehead atoms. The lowest BCUT2D eigenvalue weighted by Gasteiger charge is -2.13. The van der Waals surface area contributed by atoms with Crippen LogP contribution in [0.25, 0.3) is 6.08 Å². The number of hydrogen-bond acceptors (Lipinski definition) is 3. The Hall–Kier alpha value is -2.73. The molecule has 22 heavy (non-hydrogen) atoms. The number of halogens is 1. The van der Waals surface area contributed by atoms with Gasteiger partial charge in [0.1, 0.15) is 17.3 Å². The van der Waals surface area contributed by atoms with Crippen molar-refractivity contribution < 1.29 is 13.6 Å². The summed E-state index contributed by atoms with van der Waals surface area (Å²) in [6, 6.07) is 9.14. The number of benzene rings is 1. The van der Waals surface area contributed by atoms with E-state index < -0.39 is 0 Å². The maximum absolute atomic E-state index is 13.0. The Balaban J connectivity index is 1.80. The normalized spacial score (nSPS) is 16.8. The molecule has 0 unspecified atom stereocenters. The van der Waals surface area contributed by atoms with Gasteiger partial charge in [-0.05, 0) is 60.8 Å². The number of nitrogens with one attached hydrogen (secondary N) is 1. The number of hydrogen-bond donors (Lipinski definition) is 1. The second kappa shape index (κ2) is 5.95. The number of amides is 1. The van der Waals surface area contributed by atoms with Crippen LogP contribution in [-0.4, -0.2) is 11.0 Å². The van der Waals surface area contributed by atoms with Crippen LogP contribution in [0.4, 0.5) is 10.1 Å². The predicted molar refractivity (Wildman–Crippen MR) is 85.4 cm³/mol. The molecular formula is C16H11FN2O2S. The number of carbonyl (C=O) groups excluding carboxylic acids is 1. The third kappa shape index (κ3) is 2.82. The van der Waals surface area contributed by atoms with Gasteiger partial charge in [-0.1, -0.05) is 6.08 Å². The number of carbonyl (C=O) groups is 1. The maximum Gasteiger partial charge on any atom is 0.281 e. The minimum Gasteiger partial charge on any atom is -0.465 e.